The van der Waals surface area contributed by atoms with Crippen LogP contribution in [0.4, 0.5) is 0 Å². The molecular weight excluding hydrogens is 290 g/mol. The number of methoxy groups -OCH3 is 1. The van der Waals surface area contributed by atoms with Crippen LogP contribution in [0.5, 0.6) is 5.75 Å². The predicted octanol–water partition coefficient (Wildman–Crippen LogP) is 1.39. The fourth-order valence-electron chi connectivity index (χ4n) is 4.37. The molecule has 0 aromatic heterocycles. The number of benzene rings is 3. The molecule has 0 saturated carbocycles. The minimum atomic E-state index is 0.625. The number of ether oxygens (including phenoxy) is 1. The molecule has 0 unspecified atom stereocenters. The lowest BCUT2D eigenvalue weighted by atomic mass is 9.31. The van der Waals surface area contributed by atoms with Crippen molar-refractivity contribution in [3.8, 4) is 5.75 Å². The highest BCUT2D eigenvalue weighted by Crippen LogP contribution is 2.29. The molecular formula is C21H18B2O. The zero-order valence-electron chi connectivity index (χ0n) is 13.8. The average molecular weight is 308 g/mol. The second-order valence-electron chi connectivity index (χ2n) is 6.93. The molecule has 114 valence electrons. The molecule has 1 nitrogen and oxygen atoms in total. The molecule has 0 N–H and O–H groups in total. The van der Waals surface area contributed by atoms with Gasteiger partial charge in [-0.2, -0.15) is 0 Å². The van der Waals surface area contributed by atoms with E-state index in [2.05, 4.69) is 72.8 Å². The van der Waals surface area contributed by atoms with E-state index in [1.165, 1.54) is 5.56 Å². The molecule has 0 atom stereocenters. The first-order valence-corrected chi connectivity index (χ1v) is 8.67. The largest absolute Gasteiger partial charge is 0.497 e. The van der Waals surface area contributed by atoms with Crippen LogP contribution in [-0.4, -0.2) is 20.5 Å². The van der Waals surface area contributed by atoms with Gasteiger partial charge in [-0.25, -0.2) is 0 Å². The Kier molecular flexibility index (Phi) is 3.09. The van der Waals surface area contributed by atoms with E-state index in [0.29, 0.717) is 19.1 Å². The van der Waals surface area contributed by atoms with Crippen molar-refractivity contribution in [2.45, 2.75) is 12.1 Å². The molecule has 0 radical (unpaired) electrons. The summed E-state index contributed by atoms with van der Waals surface area (Å²) in [5.41, 5.74) is 8.23. The van der Waals surface area contributed by atoms with Crippen LogP contribution in [0.25, 0.3) is 0 Å². The van der Waals surface area contributed by atoms with E-state index in [1.807, 2.05) is 0 Å². The Hall–Kier alpha value is -2.41. The van der Waals surface area contributed by atoms with E-state index in [1.54, 1.807) is 29.0 Å². The monoisotopic (exact) mass is 308 g/mol. The molecule has 0 saturated heterocycles. The number of hydrogen-bond acceptors (Lipinski definition) is 1. The Morgan fingerprint density at radius 1 is 0.708 bits per heavy atom. The normalized spacial score (nSPS) is 13.6. The maximum absolute atomic E-state index is 5.30. The Balaban J connectivity index is 1.45. The van der Waals surface area contributed by atoms with Gasteiger partial charge >= 0.3 is 0 Å². The maximum Gasteiger partial charge on any atom is 0.204 e. The van der Waals surface area contributed by atoms with Crippen molar-refractivity contribution in [2.24, 2.45) is 0 Å². The van der Waals surface area contributed by atoms with E-state index in [4.69, 9.17) is 4.74 Å². The quantitative estimate of drug-likeness (QED) is 0.647. The maximum atomic E-state index is 5.30. The van der Waals surface area contributed by atoms with Crippen molar-refractivity contribution in [3.05, 3.63) is 78.4 Å². The molecule has 2 heterocycles. The molecule has 3 heteroatoms. The number of hydrogen-bond donors (Lipinski definition) is 0. The van der Waals surface area contributed by atoms with Gasteiger partial charge in [-0.05, 0) is 24.1 Å². The third-order valence-corrected chi connectivity index (χ3v) is 5.65. The van der Waals surface area contributed by atoms with E-state index >= 15 is 0 Å². The van der Waals surface area contributed by atoms with Gasteiger partial charge in [-0.1, -0.05) is 88.2 Å². The first kappa shape index (κ1) is 14.0. The molecule has 24 heavy (non-hydrogen) atoms. The van der Waals surface area contributed by atoms with Crippen LogP contribution in [-0.2, 0) is 6.42 Å². The standard InChI is InChI=1S/C21H18B2O/c1-24-16-12-10-15(11-13-16)14-21(22-17-6-2-3-7-18(17)22)23-19-8-4-5-9-20(19)23/h2-13,21H,14H2,1H3. The van der Waals surface area contributed by atoms with Crippen LogP contribution < -0.4 is 26.6 Å². The van der Waals surface area contributed by atoms with Gasteiger partial charge in [-0.3, -0.25) is 0 Å². The molecule has 0 spiro atoms. The van der Waals surface area contributed by atoms with E-state index in [-0.39, 0.29) is 0 Å². The first-order valence-electron chi connectivity index (χ1n) is 8.67. The van der Waals surface area contributed by atoms with Gasteiger partial charge in [-0.15, -0.1) is 0 Å². The molecule has 0 bridgehead atoms. The fraction of sp³-hybridized carbons (Fsp3) is 0.143. The van der Waals surface area contributed by atoms with Gasteiger partial charge < -0.3 is 4.74 Å². The van der Waals surface area contributed by atoms with Gasteiger partial charge in [0.15, 0.2) is 0 Å². The minimum absolute atomic E-state index is 0.625. The van der Waals surface area contributed by atoms with Crippen molar-refractivity contribution in [1.29, 1.82) is 0 Å². The van der Waals surface area contributed by atoms with E-state index < -0.39 is 0 Å². The Morgan fingerprint density at radius 2 is 1.17 bits per heavy atom. The molecule has 0 fully saturated rings. The summed E-state index contributed by atoms with van der Waals surface area (Å²) in [6, 6.07) is 26.5. The van der Waals surface area contributed by atoms with Crippen LogP contribution in [0.2, 0.25) is 5.72 Å². The molecule has 0 aliphatic carbocycles. The van der Waals surface area contributed by atoms with Crippen molar-refractivity contribution in [3.63, 3.8) is 0 Å². The van der Waals surface area contributed by atoms with E-state index in [9.17, 15) is 0 Å². The molecule has 0 amide bonds. The fourth-order valence-corrected chi connectivity index (χ4v) is 4.37. The number of rotatable bonds is 5. The highest BCUT2D eigenvalue weighted by molar-refractivity contribution is 7.17. The topological polar surface area (TPSA) is 9.23 Å². The Bertz CT molecular complexity index is 806. The summed E-state index contributed by atoms with van der Waals surface area (Å²) in [7, 11) is 1.72. The minimum Gasteiger partial charge on any atom is -0.497 e. The summed E-state index contributed by atoms with van der Waals surface area (Å²) in [5.74, 6) is 0.930. The SMILES string of the molecule is COc1ccc(CC(B2c3ccccc32)B2c3ccccc32)cc1. The third kappa shape index (κ3) is 2.19. The number of fused-ring (bicyclic) bond motifs is 2. The predicted molar refractivity (Wildman–Crippen MR) is 103 cm³/mol. The summed E-state index contributed by atoms with van der Waals surface area (Å²) < 4.78 is 5.30. The van der Waals surface area contributed by atoms with Gasteiger partial charge in [0.25, 0.3) is 0 Å². The summed E-state index contributed by atoms with van der Waals surface area (Å²) in [5, 5.41) is 0. The van der Waals surface area contributed by atoms with Crippen molar-refractivity contribution < 1.29 is 4.74 Å². The first-order chi connectivity index (χ1) is 11.9. The van der Waals surface area contributed by atoms with Gasteiger partial charge in [0.2, 0.25) is 13.4 Å². The molecule has 3 aromatic carbocycles. The summed E-state index contributed by atoms with van der Waals surface area (Å²) >= 11 is 0. The molecule has 5 rings (SSSR count). The van der Waals surface area contributed by atoms with Gasteiger partial charge in [0.05, 0.1) is 7.11 Å². The lowest BCUT2D eigenvalue weighted by molar-refractivity contribution is 0.414. The molecule has 2 aliphatic rings. The molecule has 3 aromatic rings. The Morgan fingerprint density at radius 3 is 1.58 bits per heavy atom. The third-order valence-electron chi connectivity index (χ3n) is 5.65. The summed E-state index contributed by atoms with van der Waals surface area (Å²) in [4.78, 5) is 0. The van der Waals surface area contributed by atoms with Gasteiger partial charge in [0, 0.05) is 0 Å². The van der Waals surface area contributed by atoms with Crippen LogP contribution in [0.1, 0.15) is 5.56 Å². The summed E-state index contributed by atoms with van der Waals surface area (Å²) in [6.07, 6.45) is 1.11. The lowest BCUT2D eigenvalue weighted by Crippen LogP contribution is -2.30. The van der Waals surface area contributed by atoms with Crippen molar-refractivity contribution in [1.82, 2.24) is 0 Å². The highest BCUT2D eigenvalue weighted by Gasteiger charge is 2.53. The second-order valence-corrected chi connectivity index (χ2v) is 6.93. The lowest BCUT2D eigenvalue weighted by Gasteiger charge is -2.14. The zero-order chi connectivity index (χ0) is 16.1. The summed E-state index contributed by atoms with van der Waals surface area (Å²) in [6.45, 7) is 1.25. The van der Waals surface area contributed by atoms with Crippen LogP contribution >= 0.6 is 0 Å². The van der Waals surface area contributed by atoms with Gasteiger partial charge in [0.1, 0.15) is 5.75 Å². The Labute approximate surface area is 143 Å². The van der Waals surface area contributed by atoms with Crippen LogP contribution in [0.15, 0.2) is 72.8 Å². The van der Waals surface area contributed by atoms with Crippen molar-refractivity contribution >= 4 is 35.3 Å². The van der Waals surface area contributed by atoms with Crippen molar-refractivity contribution in [2.75, 3.05) is 7.11 Å². The molecule has 2 aliphatic heterocycles. The second kappa shape index (κ2) is 5.31. The average Bonchev–Trinajstić information content (AvgIpc) is 3.54. The highest BCUT2D eigenvalue weighted by atomic mass is 16.5. The van der Waals surface area contributed by atoms with Crippen LogP contribution in [0, 0.1) is 0 Å². The van der Waals surface area contributed by atoms with Crippen LogP contribution in [0.3, 0.4) is 0 Å². The zero-order valence-corrected chi connectivity index (χ0v) is 13.8. The van der Waals surface area contributed by atoms with E-state index in [0.717, 1.165) is 12.2 Å². The smallest absolute Gasteiger partial charge is 0.204 e.